The molecule has 0 bridgehead atoms. The average molecular weight is 466 g/mol. The highest BCUT2D eigenvalue weighted by Crippen LogP contribution is 2.39. The molecule has 0 radical (unpaired) electrons. The summed E-state index contributed by atoms with van der Waals surface area (Å²) < 4.78 is 10.9. The van der Waals surface area contributed by atoms with E-state index in [1.54, 1.807) is 14.2 Å². The predicted molar refractivity (Wildman–Crippen MR) is 136 cm³/mol. The minimum absolute atomic E-state index is 0.0573. The molecule has 1 aliphatic heterocycles. The predicted octanol–water partition coefficient (Wildman–Crippen LogP) is 5.55. The van der Waals surface area contributed by atoms with Gasteiger partial charge in [-0.25, -0.2) is 4.99 Å². The zero-order valence-electron chi connectivity index (χ0n) is 19.7. The van der Waals surface area contributed by atoms with Crippen LogP contribution in [0.4, 0.5) is 5.69 Å². The lowest BCUT2D eigenvalue weighted by molar-refractivity contribution is -0.113. The number of methoxy groups -OCH3 is 2. The number of thioether (sulfide) groups is 1. The highest BCUT2D eigenvalue weighted by atomic mass is 32.2. The number of nitrogens with zero attached hydrogens (tertiary/aromatic N) is 2. The first-order valence-corrected chi connectivity index (χ1v) is 12.3. The maximum Gasteiger partial charge on any atom is 0.234 e. The second kappa shape index (κ2) is 10.00. The molecule has 1 spiro atoms. The van der Waals surface area contributed by atoms with E-state index in [1.807, 2.05) is 43.3 Å². The van der Waals surface area contributed by atoms with Crippen LogP contribution in [0, 0.1) is 13.8 Å². The molecule has 0 saturated heterocycles. The minimum Gasteiger partial charge on any atom is -0.497 e. The molecule has 7 heteroatoms. The van der Waals surface area contributed by atoms with Crippen LogP contribution in [0.1, 0.15) is 48.8 Å². The number of anilines is 1. The largest absolute Gasteiger partial charge is 0.497 e. The summed E-state index contributed by atoms with van der Waals surface area (Å²) in [5.41, 5.74) is 4.48. The molecule has 4 rings (SSSR count). The van der Waals surface area contributed by atoms with Crippen molar-refractivity contribution in [2.75, 3.05) is 25.3 Å². The Labute approximate surface area is 199 Å². The summed E-state index contributed by atoms with van der Waals surface area (Å²) in [4.78, 5) is 22.9. The maximum atomic E-state index is 12.7. The van der Waals surface area contributed by atoms with E-state index < -0.39 is 5.66 Å². The second-order valence-electron chi connectivity index (χ2n) is 8.66. The molecule has 2 aliphatic rings. The number of aryl methyl sites for hydroxylation is 2. The van der Waals surface area contributed by atoms with Crippen molar-refractivity contribution < 1.29 is 14.3 Å². The SMILES string of the molecule is COc1cc(OC)cc(C2=NC3(CCCCC3)N=C2SCC(=O)Nc2ccc(C)c(C)c2)c1. The number of benzene rings is 2. The number of carbonyl (C=O) groups is 1. The number of hydrogen-bond acceptors (Lipinski definition) is 6. The van der Waals surface area contributed by atoms with Gasteiger partial charge < -0.3 is 14.8 Å². The first-order chi connectivity index (χ1) is 15.9. The Balaban J connectivity index is 1.55. The van der Waals surface area contributed by atoms with E-state index >= 15 is 0 Å². The third-order valence-corrected chi connectivity index (χ3v) is 7.21. The van der Waals surface area contributed by atoms with Crippen molar-refractivity contribution in [2.45, 2.75) is 51.6 Å². The molecule has 1 saturated carbocycles. The molecule has 0 atom stereocenters. The van der Waals surface area contributed by atoms with Gasteiger partial charge in [0.25, 0.3) is 0 Å². The van der Waals surface area contributed by atoms with Crippen LogP contribution in [0.15, 0.2) is 46.4 Å². The van der Waals surface area contributed by atoms with Crippen molar-refractivity contribution in [3.8, 4) is 11.5 Å². The lowest BCUT2D eigenvalue weighted by atomic mass is 9.90. The van der Waals surface area contributed by atoms with Gasteiger partial charge in [-0.05, 0) is 74.9 Å². The number of rotatable bonds is 6. The van der Waals surface area contributed by atoms with Gasteiger partial charge in [0.15, 0.2) is 5.66 Å². The van der Waals surface area contributed by atoms with E-state index in [-0.39, 0.29) is 11.7 Å². The van der Waals surface area contributed by atoms with Crippen molar-refractivity contribution >= 4 is 34.1 Å². The van der Waals surface area contributed by atoms with E-state index in [9.17, 15) is 4.79 Å². The summed E-state index contributed by atoms with van der Waals surface area (Å²) in [5, 5.41) is 3.81. The third kappa shape index (κ3) is 5.41. The van der Waals surface area contributed by atoms with Crippen molar-refractivity contribution in [2.24, 2.45) is 9.98 Å². The number of ether oxygens (including phenoxy) is 2. The lowest BCUT2D eigenvalue weighted by Gasteiger charge is -2.27. The molecule has 1 aliphatic carbocycles. The van der Waals surface area contributed by atoms with Crippen LogP contribution in [0.5, 0.6) is 11.5 Å². The summed E-state index contributed by atoms with van der Waals surface area (Å²) in [7, 11) is 3.27. The van der Waals surface area contributed by atoms with Crippen molar-refractivity contribution in [1.29, 1.82) is 0 Å². The van der Waals surface area contributed by atoms with Crippen LogP contribution < -0.4 is 14.8 Å². The molecule has 2 aromatic carbocycles. The van der Waals surface area contributed by atoms with Gasteiger partial charge in [-0.1, -0.05) is 24.2 Å². The number of carbonyl (C=O) groups excluding carboxylic acids is 1. The monoisotopic (exact) mass is 465 g/mol. The maximum absolute atomic E-state index is 12.7. The Kier molecular flexibility index (Phi) is 7.08. The summed E-state index contributed by atoms with van der Waals surface area (Å²) >= 11 is 1.44. The van der Waals surface area contributed by atoms with Crippen LogP contribution >= 0.6 is 11.8 Å². The third-order valence-electron chi connectivity index (χ3n) is 6.24. The molecule has 33 heavy (non-hydrogen) atoms. The molecule has 174 valence electrons. The fraction of sp³-hybridized carbons (Fsp3) is 0.423. The molecule has 2 aromatic rings. The van der Waals surface area contributed by atoms with E-state index in [4.69, 9.17) is 19.5 Å². The highest BCUT2D eigenvalue weighted by Gasteiger charge is 2.38. The topological polar surface area (TPSA) is 72.3 Å². The molecule has 1 fully saturated rings. The van der Waals surface area contributed by atoms with Gasteiger partial charge in [0.1, 0.15) is 16.5 Å². The van der Waals surface area contributed by atoms with E-state index in [0.717, 1.165) is 53.3 Å². The molecule has 0 unspecified atom stereocenters. The molecule has 1 amide bonds. The van der Waals surface area contributed by atoms with Gasteiger partial charge in [-0.3, -0.25) is 9.79 Å². The summed E-state index contributed by atoms with van der Waals surface area (Å²) in [6, 6.07) is 11.7. The van der Waals surface area contributed by atoms with E-state index in [0.29, 0.717) is 11.5 Å². The van der Waals surface area contributed by atoms with Crippen LogP contribution in [0.2, 0.25) is 0 Å². The van der Waals surface area contributed by atoms with Gasteiger partial charge in [0, 0.05) is 17.3 Å². The normalized spacial score (nSPS) is 16.8. The van der Waals surface area contributed by atoms with Crippen LogP contribution in [-0.4, -0.2) is 42.3 Å². The molecule has 1 N–H and O–H groups in total. The van der Waals surface area contributed by atoms with Crippen molar-refractivity contribution in [3.05, 3.63) is 53.1 Å². The van der Waals surface area contributed by atoms with Gasteiger partial charge >= 0.3 is 0 Å². The Hall–Kier alpha value is -2.80. The number of hydrogen-bond donors (Lipinski definition) is 1. The molecular weight excluding hydrogens is 434 g/mol. The molecule has 1 heterocycles. The quantitative estimate of drug-likeness (QED) is 0.607. The Morgan fingerprint density at radius 2 is 1.67 bits per heavy atom. The van der Waals surface area contributed by atoms with Gasteiger partial charge in [0.05, 0.1) is 25.7 Å². The molecule has 0 aromatic heterocycles. The Morgan fingerprint density at radius 1 is 0.970 bits per heavy atom. The van der Waals surface area contributed by atoms with Crippen LogP contribution in [0.3, 0.4) is 0 Å². The Bertz CT molecular complexity index is 1080. The number of nitrogens with one attached hydrogen (secondary N) is 1. The van der Waals surface area contributed by atoms with Crippen molar-refractivity contribution in [3.63, 3.8) is 0 Å². The van der Waals surface area contributed by atoms with Gasteiger partial charge in [-0.15, -0.1) is 0 Å². The summed E-state index contributed by atoms with van der Waals surface area (Å²) in [5.74, 6) is 1.61. The first kappa shape index (κ1) is 23.4. The van der Waals surface area contributed by atoms with Gasteiger partial charge in [-0.2, -0.15) is 0 Å². The fourth-order valence-electron chi connectivity index (χ4n) is 4.25. The highest BCUT2D eigenvalue weighted by molar-refractivity contribution is 8.16. The molecule has 6 nitrogen and oxygen atoms in total. The number of aliphatic imine (C=N–C) groups is 2. The fourth-order valence-corrected chi connectivity index (χ4v) is 5.12. The zero-order chi connectivity index (χ0) is 23.4. The first-order valence-electron chi connectivity index (χ1n) is 11.3. The van der Waals surface area contributed by atoms with Crippen LogP contribution in [0.25, 0.3) is 0 Å². The molecular formula is C26H31N3O3S. The average Bonchev–Trinajstić information content (AvgIpc) is 3.17. The van der Waals surface area contributed by atoms with Crippen LogP contribution in [-0.2, 0) is 4.79 Å². The Morgan fingerprint density at radius 3 is 2.30 bits per heavy atom. The van der Waals surface area contributed by atoms with E-state index in [1.165, 1.54) is 23.7 Å². The summed E-state index contributed by atoms with van der Waals surface area (Å²) in [6.07, 6.45) is 5.34. The minimum atomic E-state index is -0.406. The second-order valence-corrected chi connectivity index (χ2v) is 9.62. The summed E-state index contributed by atoms with van der Waals surface area (Å²) in [6.45, 7) is 4.10. The van der Waals surface area contributed by atoms with Crippen molar-refractivity contribution in [1.82, 2.24) is 0 Å². The standard InChI is InChI=1S/C26H31N3O3S/c1-17-8-9-20(12-18(17)2)27-23(30)16-33-25-24(28-26(29-25)10-6-5-7-11-26)19-13-21(31-3)15-22(14-19)32-4/h8-9,12-15H,5-7,10-11,16H2,1-4H3,(H,27,30). The van der Waals surface area contributed by atoms with E-state index in [2.05, 4.69) is 12.2 Å². The smallest absolute Gasteiger partial charge is 0.234 e. The number of amides is 1. The lowest BCUT2D eigenvalue weighted by Crippen LogP contribution is -2.25. The van der Waals surface area contributed by atoms with Gasteiger partial charge in [0.2, 0.25) is 5.91 Å². The zero-order valence-corrected chi connectivity index (χ0v) is 20.6.